The van der Waals surface area contributed by atoms with Gasteiger partial charge < -0.3 is 0 Å². The summed E-state index contributed by atoms with van der Waals surface area (Å²) in [5, 5.41) is 5.00. The van der Waals surface area contributed by atoms with Crippen LogP contribution >= 0.6 is 27.3 Å². The van der Waals surface area contributed by atoms with Gasteiger partial charge in [0.05, 0.1) is 16.4 Å². The van der Waals surface area contributed by atoms with Crippen LogP contribution in [0, 0.1) is 0 Å². The second-order valence-electron chi connectivity index (χ2n) is 3.91. The molecule has 0 aliphatic heterocycles. The Kier molecular flexibility index (Phi) is 3.57. The standard InChI is InChI=1S/C14H10BrN3S/c15-11-5-3-4-10(8-11)9-16-18-14-17-12-6-1-2-7-13(12)19-14/h1-9H,(H,17,18). The van der Waals surface area contributed by atoms with Crippen molar-refractivity contribution < 1.29 is 0 Å². The summed E-state index contributed by atoms with van der Waals surface area (Å²) < 4.78 is 2.19. The summed E-state index contributed by atoms with van der Waals surface area (Å²) in [6, 6.07) is 16.0. The molecule has 0 aliphatic rings. The summed E-state index contributed by atoms with van der Waals surface area (Å²) in [6.45, 7) is 0. The Bertz CT molecular complexity index is 703. The van der Waals surface area contributed by atoms with Crippen molar-refractivity contribution in [3.05, 3.63) is 58.6 Å². The number of anilines is 1. The average Bonchev–Trinajstić information content (AvgIpc) is 2.81. The predicted molar refractivity (Wildman–Crippen MR) is 85.0 cm³/mol. The SMILES string of the molecule is Brc1cccc(C=NNc2nc3ccccc3s2)c1. The third kappa shape index (κ3) is 3.00. The molecule has 0 amide bonds. The van der Waals surface area contributed by atoms with Crippen LogP contribution in [0.1, 0.15) is 5.56 Å². The normalized spacial score (nSPS) is 11.2. The molecule has 0 radical (unpaired) electrons. The van der Waals surface area contributed by atoms with Crippen LogP contribution in [-0.4, -0.2) is 11.2 Å². The van der Waals surface area contributed by atoms with E-state index in [-0.39, 0.29) is 0 Å². The van der Waals surface area contributed by atoms with Gasteiger partial charge in [0.2, 0.25) is 5.13 Å². The van der Waals surface area contributed by atoms with Gasteiger partial charge >= 0.3 is 0 Å². The number of thiazole rings is 1. The molecule has 0 aliphatic carbocycles. The second kappa shape index (κ2) is 5.50. The zero-order chi connectivity index (χ0) is 13.1. The highest BCUT2D eigenvalue weighted by atomic mass is 79.9. The monoisotopic (exact) mass is 331 g/mol. The first-order valence-corrected chi connectivity index (χ1v) is 7.32. The van der Waals surface area contributed by atoms with Crippen LogP contribution in [0.2, 0.25) is 0 Å². The van der Waals surface area contributed by atoms with Gasteiger partial charge in [-0.3, -0.25) is 5.43 Å². The number of aromatic nitrogens is 1. The Morgan fingerprint density at radius 1 is 1.16 bits per heavy atom. The van der Waals surface area contributed by atoms with Gasteiger partial charge in [-0.15, -0.1) is 0 Å². The number of nitrogens with zero attached hydrogens (tertiary/aromatic N) is 2. The van der Waals surface area contributed by atoms with E-state index in [1.807, 2.05) is 42.5 Å². The van der Waals surface area contributed by atoms with Crippen LogP contribution in [0.15, 0.2) is 58.1 Å². The molecule has 0 bridgehead atoms. The van der Waals surface area contributed by atoms with Gasteiger partial charge in [-0.1, -0.05) is 51.5 Å². The number of hydrogen-bond acceptors (Lipinski definition) is 4. The smallest absolute Gasteiger partial charge is 0.204 e. The van der Waals surface area contributed by atoms with Crippen molar-refractivity contribution in [1.82, 2.24) is 4.98 Å². The third-order valence-electron chi connectivity index (χ3n) is 2.52. The van der Waals surface area contributed by atoms with Crippen LogP contribution in [0.4, 0.5) is 5.13 Å². The van der Waals surface area contributed by atoms with Gasteiger partial charge in [0, 0.05) is 4.47 Å². The first-order chi connectivity index (χ1) is 9.31. The van der Waals surface area contributed by atoms with Gasteiger partial charge in [-0.2, -0.15) is 5.10 Å². The Morgan fingerprint density at radius 2 is 2.05 bits per heavy atom. The van der Waals surface area contributed by atoms with Gasteiger partial charge in [0.15, 0.2) is 0 Å². The van der Waals surface area contributed by atoms with Crippen LogP contribution in [0.5, 0.6) is 0 Å². The van der Waals surface area contributed by atoms with Crippen LogP contribution in [-0.2, 0) is 0 Å². The third-order valence-corrected chi connectivity index (χ3v) is 3.95. The van der Waals surface area contributed by atoms with Crippen molar-refractivity contribution in [2.75, 3.05) is 5.43 Å². The maximum absolute atomic E-state index is 4.45. The minimum atomic E-state index is 0.799. The molecule has 0 atom stereocenters. The van der Waals surface area contributed by atoms with E-state index in [4.69, 9.17) is 0 Å². The van der Waals surface area contributed by atoms with E-state index in [2.05, 4.69) is 37.5 Å². The lowest BCUT2D eigenvalue weighted by Gasteiger charge is -1.94. The van der Waals surface area contributed by atoms with Crippen LogP contribution in [0.25, 0.3) is 10.2 Å². The van der Waals surface area contributed by atoms with E-state index in [0.29, 0.717) is 0 Å². The van der Waals surface area contributed by atoms with Crippen LogP contribution < -0.4 is 5.43 Å². The predicted octanol–water partition coefficient (Wildman–Crippen LogP) is 4.50. The second-order valence-corrected chi connectivity index (χ2v) is 5.86. The highest BCUT2D eigenvalue weighted by Crippen LogP contribution is 2.25. The largest absolute Gasteiger partial charge is 0.253 e. The molecule has 0 fully saturated rings. The Balaban J connectivity index is 1.75. The fourth-order valence-electron chi connectivity index (χ4n) is 1.67. The van der Waals surface area contributed by atoms with E-state index in [9.17, 15) is 0 Å². The zero-order valence-corrected chi connectivity index (χ0v) is 12.3. The molecule has 1 heterocycles. The maximum atomic E-state index is 4.45. The number of fused-ring (bicyclic) bond motifs is 1. The van der Waals surface area contributed by atoms with Crippen molar-refractivity contribution in [3.8, 4) is 0 Å². The molecule has 94 valence electrons. The van der Waals surface area contributed by atoms with E-state index in [1.165, 1.54) is 0 Å². The topological polar surface area (TPSA) is 37.3 Å². The summed E-state index contributed by atoms with van der Waals surface area (Å²) in [5.74, 6) is 0. The highest BCUT2D eigenvalue weighted by molar-refractivity contribution is 9.10. The summed E-state index contributed by atoms with van der Waals surface area (Å²) >= 11 is 5.02. The van der Waals surface area contributed by atoms with Gasteiger partial charge in [0.25, 0.3) is 0 Å². The van der Waals surface area contributed by atoms with Crippen molar-refractivity contribution in [2.24, 2.45) is 5.10 Å². The minimum absolute atomic E-state index is 0.799. The lowest BCUT2D eigenvalue weighted by molar-refractivity contribution is 1.31. The molecule has 1 aromatic heterocycles. The van der Waals surface area contributed by atoms with E-state index < -0.39 is 0 Å². The van der Waals surface area contributed by atoms with Crippen molar-refractivity contribution in [2.45, 2.75) is 0 Å². The fraction of sp³-hybridized carbons (Fsp3) is 0. The molecular formula is C14H10BrN3S. The molecule has 5 heteroatoms. The molecule has 19 heavy (non-hydrogen) atoms. The van der Waals surface area contributed by atoms with Crippen molar-refractivity contribution in [3.63, 3.8) is 0 Å². The first kappa shape index (κ1) is 12.3. The molecule has 3 rings (SSSR count). The number of para-hydroxylation sites is 1. The molecule has 3 aromatic rings. The quantitative estimate of drug-likeness (QED) is 0.566. The maximum Gasteiger partial charge on any atom is 0.204 e. The van der Waals surface area contributed by atoms with E-state index in [0.717, 1.165) is 25.4 Å². The lowest BCUT2D eigenvalue weighted by atomic mass is 10.2. The summed E-state index contributed by atoms with van der Waals surface area (Å²) in [6.07, 6.45) is 1.77. The number of hydrogen-bond donors (Lipinski definition) is 1. The molecule has 1 N–H and O–H groups in total. The number of rotatable bonds is 3. The summed E-state index contributed by atoms with van der Waals surface area (Å²) in [4.78, 5) is 4.45. The van der Waals surface area contributed by atoms with E-state index >= 15 is 0 Å². The zero-order valence-electron chi connectivity index (χ0n) is 9.88. The first-order valence-electron chi connectivity index (χ1n) is 5.71. The molecule has 0 saturated heterocycles. The number of benzene rings is 2. The Labute approximate surface area is 123 Å². The molecule has 3 nitrogen and oxygen atoms in total. The fourth-order valence-corrected chi connectivity index (χ4v) is 2.90. The van der Waals surface area contributed by atoms with Crippen LogP contribution in [0.3, 0.4) is 0 Å². The number of halogens is 1. The molecule has 2 aromatic carbocycles. The molecular weight excluding hydrogens is 322 g/mol. The summed E-state index contributed by atoms with van der Waals surface area (Å²) in [7, 11) is 0. The minimum Gasteiger partial charge on any atom is -0.253 e. The number of hydrazone groups is 1. The average molecular weight is 332 g/mol. The lowest BCUT2D eigenvalue weighted by Crippen LogP contribution is -1.89. The van der Waals surface area contributed by atoms with Gasteiger partial charge in [0.1, 0.15) is 0 Å². The Morgan fingerprint density at radius 3 is 2.89 bits per heavy atom. The summed E-state index contributed by atoms with van der Waals surface area (Å²) in [5.41, 5.74) is 4.99. The highest BCUT2D eigenvalue weighted by Gasteiger charge is 2.00. The number of nitrogens with one attached hydrogen (secondary N) is 1. The van der Waals surface area contributed by atoms with Crippen molar-refractivity contribution >= 4 is 48.8 Å². The van der Waals surface area contributed by atoms with E-state index in [1.54, 1.807) is 17.6 Å². The van der Waals surface area contributed by atoms with Gasteiger partial charge in [-0.25, -0.2) is 4.98 Å². The van der Waals surface area contributed by atoms with Gasteiger partial charge in [-0.05, 0) is 29.8 Å². The molecule has 0 saturated carbocycles. The molecule has 0 unspecified atom stereocenters. The molecule has 0 spiro atoms. The van der Waals surface area contributed by atoms with Crippen molar-refractivity contribution in [1.29, 1.82) is 0 Å². The Hall–Kier alpha value is -1.72.